The molecular weight excluding hydrogens is 379 g/mol. The number of nitrogens with zero attached hydrogens (tertiary/aromatic N) is 1. The molecule has 23 heavy (non-hydrogen) atoms. The van der Waals surface area contributed by atoms with Gasteiger partial charge < -0.3 is 15.8 Å². The van der Waals surface area contributed by atoms with Crippen LogP contribution in [-0.2, 0) is 4.79 Å². The summed E-state index contributed by atoms with van der Waals surface area (Å²) < 4.78 is 32.8. The van der Waals surface area contributed by atoms with Crippen molar-refractivity contribution in [2.24, 2.45) is 11.7 Å². The van der Waals surface area contributed by atoms with Crippen LogP contribution in [0.25, 0.3) is 11.0 Å². The lowest BCUT2D eigenvalue weighted by Crippen LogP contribution is -2.21. The van der Waals surface area contributed by atoms with E-state index in [0.29, 0.717) is 5.92 Å². The maximum atomic E-state index is 10.6. The quantitative estimate of drug-likeness (QED) is 0.731. The summed E-state index contributed by atoms with van der Waals surface area (Å²) in [6.45, 7) is 4.33. The molecule has 5 nitrogen and oxygen atoms in total. The molecule has 0 fully saturated rings. The summed E-state index contributed by atoms with van der Waals surface area (Å²) >= 11 is 3.44. The molecule has 0 radical (unpaired) electrons. The molecule has 0 saturated heterocycles. The predicted octanol–water partition coefficient (Wildman–Crippen LogP) is 4.00. The van der Waals surface area contributed by atoms with Gasteiger partial charge in [0.1, 0.15) is 5.82 Å². The van der Waals surface area contributed by atoms with Gasteiger partial charge in [-0.25, -0.2) is 9.78 Å². The van der Waals surface area contributed by atoms with Gasteiger partial charge in [0.15, 0.2) is 0 Å². The minimum Gasteiger partial charge on any atom is -0.475 e. The van der Waals surface area contributed by atoms with Gasteiger partial charge in [0.25, 0.3) is 0 Å². The summed E-state index contributed by atoms with van der Waals surface area (Å²) in [5.41, 5.74) is 8.09. The fourth-order valence-corrected chi connectivity index (χ4v) is 2.16. The minimum absolute atomic E-state index is 0.00817. The molecule has 1 atom stereocenters. The van der Waals surface area contributed by atoms with Crippen LogP contribution in [0.15, 0.2) is 22.7 Å². The molecule has 1 aromatic carbocycles. The van der Waals surface area contributed by atoms with Crippen LogP contribution in [0, 0.1) is 5.92 Å². The van der Waals surface area contributed by atoms with Crippen LogP contribution in [0.4, 0.5) is 13.2 Å². The second-order valence-electron chi connectivity index (χ2n) is 5.32. The average Bonchev–Trinajstić information content (AvgIpc) is 2.80. The Balaban J connectivity index is 0.000000322. The maximum absolute atomic E-state index is 10.6. The van der Waals surface area contributed by atoms with Gasteiger partial charge in [-0.05, 0) is 30.5 Å². The highest BCUT2D eigenvalue weighted by Gasteiger charge is 2.38. The molecule has 0 aliphatic rings. The largest absolute Gasteiger partial charge is 0.490 e. The first-order chi connectivity index (χ1) is 10.5. The maximum Gasteiger partial charge on any atom is 0.490 e. The molecule has 0 saturated carbocycles. The number of alkyl halides is 3. The number of halogens is 4. The Kier molecular flexibility index (Phi) is 6.57. The Hall–Kier alpha value is -1.61. The zero-order valence-electron chi connectivity index (χ0n) is 12.5. The van der Waals surface area contributed by atoms with Gasteiger partial charge in [0.05, 0.1) is 17.1 Å². The van der Waals surface area contributed by atoms with Crippen LogP contribution < -0.4 is 5.73 Å². The zero-order valence-corrected chi connectivity index (χ0v) is 14.1. The molecule has 128 valence electrons. The average molecular weight is 396 g/mol. The molecule has 1 heterocycles. The van der Waals surface area contributed by atoms with Crippen LogP contribution in [-0.4, -0.2) is 27.2 Å². The van der Waals surface area contributed by atoms with Crippen molar-refractivity contribution >= 4 is 32.9 Å². The molecule has 0 unspecified atom stereocenters. The Labute approximate surface area is 139 Å². The van der Waals surface area contributed by atoms with Crippen LogP contribution in [0.1, 0.15) is 32.1 Å². The molecule has 0 aliphatic heterocycles. The first-order valence-electron chi connectivity index (χ1n) is 6.71. The molecule has 0 bridgehead atoms. The Morgan fingerprint density at radius 1 is 1.43 bits per heavy atom. The van der Waals surface area contributed by atoms with E-state index >= 15 is 0 Å². The topological polar surface area (TPSA) is 92.0 Å². The molecule has 1 aromatic heterocycles. The molecule has 0 spiro atoms. The van der Waals surface area contributed by atoms with Gasteiger partial charge in [0.2, 0.25) is 0 Å². The Morgan fingerprint density at radius 3 is 2.48 bits per heavy atom. The van der Waals surface area contributed by atoms with Gasteiger partial charge in [-0.3, -0.25) is 0 Å². The van der Waals surface area contributed by atoms with E-state index in [0.717, 1.165) is 27.8 Å². The monoisotopic (exact) mass is 395 g/mol. The number of aliphatic carboxylic acids is 1. The van der Waals surface area contributed by atoms with Gasteiger partial charge in [-0.1, -0.05) is 29.8 Å². The lowest BCUT2D eigenvalue weighted by atomic mass is 10.0. The number of imidazole rings is 1. The normalized spacial score (nSPS) is 12.9. The summed E-state index contributed by atoms with van der Waals surface area (Å²) in [6, 6.07) is 5.99. The number of carboxylic acids is 1. The summed E-state index contributed by atoms with van der Waals surface area (Å²) in [5.74, 6) is -1.30. The third-order valence-corrected chi connectivity index (χ3v) is 3.27. The van der Waals surface area contributed by atoms with Crippen LogP contribution in [0.3, 0.4) is 0 Å². The van der Waals surface area contributed by atoms with E-state index in [1.807, 2.05) is 18.2 Å². The number of carboxylic acid groups (broad SMARTS) is 1. The molecule has 4 N–H and O–H groups in total. The van der Waals surface area contributed by atoms with Crippen molar-refractivity contribution < 1.29 is 23.1 Å². The zero-order chi connectivity index (χ0) is 17.8. The summed E-state index contributed by atoms with van der Waals surface area (Å²) in [7, 11) is 0. The Morgan fingerprint density at radius 2 is 2.00 bits per heavy atom. The lowest BCUT2D eigenvalue weighted by Gasteiger charge is -2.10. The summed E-state index contributed by atoms with van der Waals surface area (Å²) in [4.78, 5) is 16.7. The molecule has 9 heteroatoms. The molecule has 0 aliphatic carbocycles. The molecular formula is C14H17BrF3N3O2. The smallest absolute Gasteiger partial charge is 0.475 e. The highest BCUT2D eigenvalue weighted by Crippen LogP contribution is 2.22. The number of H-pyrrole nitrogens is 1. The van der Waals surface area contributed by atoms with Crippen molar-refractivity contribution in [3.63, 3.8) is 0 Å². The van der Waals surface area contributed by atoms with E-state index in [2.05, 4.69) is 39.7 Å². The molecule has 2 aromatic rings. The number of carbonyl (C=O) groups is 1. The number of nitrogens with one attached hydrogen (secondary N) is 1. The number of nitrogens with two attached hydrogens (primary N) is 1. The third kappa shape index (κ3) is 6.19. The van der Waals surface area contributed by atoms with Crippen molar-refractivity contribution in [2.45, 2.75) is 32.5 Å². The minimum atomic E-state index is -5.08. The Bertz CT molecular complexity index is 671. The van der Waals surface area contributed by atoms with E-state index in [1.165, 1.54) is 0 Å². The number of aromatic amines is 1. The number of hydrogen-bond acceptors (Lipinski definition) is 3. The fraction of sp³-hybridized carbons (Fsp3) is 0.429. The summed E-state index contributed by atoms with van der Waals surface area (Å²) in [5, 5.41) is 7.12. The fourth-order valence-electron chi connectivity index (χ4n) is 1.80. The first kappa shape index (κ1) is 19.4. The van der Waals surface area contributed by atoms with E-state index in [1.54, 1.807) is 0 Å². The van der Waals surface area contributed by atoms with E-state index < -0.39 is 12.1 Å². The lowest BCUT2D eigenvalue weighted by molar-refractivity contribution is -0.192. The van der Waals surface area contributed by atoms with Crippen molar-refractivity contribution in [3.8, 4) is 0 Å². The molecule has 0 amide bonds. The van der Waals surface area contributed by atoms with Gasteiger partial charge in [-0.2, -0.15) is 13.2 Å². The standard InChI is InChI=1S/C12H16BrN3.C2HF3O2/c1-7(2)5-9(14)12-15-10-4-3-8(13)6-11(10)16-12;3-2(4,5)1(6)7/h3-4,6-7,9H,5,14H2,1-2H3,(H,15,16);(H,6,7)/t9-;/m1./s1. The number of hydrogen-bond donors (Lipinski definition) is 3. The second kappa shape index (κ2) is 7.78. The van der Waals surface area contributed by atoms with Gasteiger partial charge in [0, 0.05) is 4.47 Å². The van der Waals surface area contributed by atoms with Gasteiger partial charge >= 0.3 is 12.1 Å². The van der Waals surface area contributed by atoms with Crippen molar-refractivity contribution in [1.82, 2.24) is 9.97 Å². The highest BCUT2D eigenvalue weighted by molar-refractivity contribution is 9.10. The number of rotatable bonds is 3. The highest BCUT2D eigenvalue weighted by atomic mass is 79.9. The SMILES string of the molecule is CC(C)C[C@@H](N)c1nc2ccc(Br)cc2[nH]1.O=C(O)C(F)(F)F. The first-order valence-corrected chi connectivity index (χ1v) is 7.51. The van der Waals surface area contributed by atoms with Crippen LogP contribution in [0.5, 0.6) is 0 Å². The van der Waals surface area contributed by atoms with Crippen LogP contribution >= 0.6 is 15.9 Å². The predicted molar refractivity (Wildman–Crippen MR) is 83.9 cm³/mol. The van der Waals surface area contributed by atoms with E-state index in [4.69, 9.17) is 15.6 Å². The van der Waals surface area contributed by atoms with Gasteiger partial charge in [-0.15, -0.1) is 0 Å². The van der Waals surface area contributed by atoms with E-state index in [-0.39, 0.29) is 6.04 Å². The van der Waals surface area contributed by atoms with Crippen LogP contribution in [0.2, 0.25) is 0 Å². The third-order valence-electron chi connectivity index (χ3n) is 2.78. The summed E-state index contributed by atoms with van der Waals surface area (Å²) in [6.07, 6.45) is -4.14. The number of fused-ring (bicyclic) bond motifs is 1. The second-order valence-corrected chi connectivity index (χ2v) is 6.24. The van der Waals surface area contributed by atoms with E-state index in [9.17, 15) is 13.2 Å². The van der Waals surface area contributed by atoms with Crippen molar-refractivity contribution in [3.05, 3.63) is 28.5 Å². The van der Waals surface area contributed by atoms with Crippen molar-refractivity contribution in [1.29, 1.82) is 0 Å². The molecule has 2 rings (SSSR count). The van der Waals surface area contributed by atoms with Crippen molar-refractivity contribution in [2.75, 3.05) is 0 Å². The number of aromatic nitrogens is 2. The number of benzene rings is 1.